The van der Waals surface area contributed by atoms with Gasteiger partial charge in [-0.3, -0.25) is 0 Å². The zero-order valence-electron chi connectivity index (χ0n) is 7.42. The van der Waals surface area contributed by atoms with Gasteiger partial charge in [0.15, 0.2) is 0 Å². The first-order chi connectivity index (χ1) is 4.54. The monoisotopic (exact) mass is 145 g/mol. The van der Waals surface area contributed by atoms with Gasteiger partial charge in [-0.15, -0.1) is 0 Å². The van der Waals surface area contributed by atoms with Crippen molar-refractivity contribution in [2.24, 2.45) is 11.7 Å². The molecule has 10 heavy (non-hydrogen) atoms. The lowest BCUT2D eigenvalue weighted by atomic mass is 10.1. The van der Waals surface area contributed by atoms with Gasteiger partial charge in [-0.1, -0.05) is 13.8 Å². The Balaban J connectivity index is 3.30. The molecule has 0 saturated heterocycles. The van der Waals surface area contributed by atoms with Crippen molar-refractivity contribution in [1.29, 1.82) is 0 Å². The van der Waals surface area contributed by atoms with Crippen molar-refractivity contribution in [3.63, 3.8) is 0 Å². The quantitative estimate of drug-likeness (QED) is 0.649. The molecular weight excluding hydrogens is 126 g/mol. The average Bonchev–Trinajstić information content (AvgIpc) is 1.82. The predicted octanol–water partition coefficient (Wildman–Crippen LogP) is 1.39. The Hall–Kier alpha value is -0.0800. The van der Waals surface area contributed by atoms with Gasteiger partial charge in [-0.25, -0.2) is 0 Å². The number of nitrogens with two attached hydrogens (primary N) is 1. The van der Waals surface area contributed by atoms with E-state index in [1.807, 2.05) is 6.92 Å². The van der Waals surface area contributed by atoms with Gasteiger partial charge in [0.25, 0.3) is 0 Å². The van der Waals surface area contributed by atoms with Gasteiger partial charge in [0, 0.05) is 6.04 Å². The highest BCUT2D eigenvalue weighted by atomic mass is 16.5. The fourth-order valence-electron chi connectivity index (χ4n) is 0.496. The Bertz CT molecular complexity index is 81.3. The number of ether oxygens (including phenoxy) is 1. The van der Waals surface area contributed by atoms with Crippen molar-refractivity contribution < 1.29 is 4.74 Å². The molecule has 2 N–H and O–H groups in total. The van der Waals surface area contributed by atoms with E-state index >= 15 is 0 Å². The number of rotatable bonds is 4. The van der Waals surface area contributed by atoms with Crippen LogP contribution in [-0.2, 0) is 4.74 Å². The van der Waals surface area contributed by atoms with Gasteiger partial charge in [-0.05, 0) is 19.8 Å². The predicted molar refractivity (Wildman–Crippen MR) is 43.9 cm³/mol. The van der Waals surface area contributed by atoms with E-state index in [1.165, 1.54) is 0 Å². The Morgan fingerprint density at radius 2 is 1.70 bits per heavy atom. The summed E-state index contributed by atoms with van der Waals surface area (Å²) in [7, 11) is 0. The van der Waals surface area contributed by atoms with E-state index < -0.39 is 0 Å². The highest BCUT2D eigenvalue weighted by Crippen LogP contribution is 2.04. The maximum Gasteiger partial charge on any atom is 0.0618 e. The summed E-state index contributed by atoms with van der Waals surface area (Å²) in [6.45, 7) is 8.98. The van der Waals surface area contributed by atoms with Crippen LogP contribution in [0.2, 0.25) is 0 Å². The molecule has 0 aromatic carbocycles. The number of hydrogen-bond acceptors (Lipinski definition) is 2. The summed E-state index contributed by atoms with van der Waals surface area (Å²) in [5, 5.41) is 0. The standard InChI is InChI=1S/C8H19NO/c1-6(2)8(4)10-5-7(3)9/h6-8H,5,9H2,1-4H3/t7-,8?/m0/s1. The first-order valence-corrected chi connectivity index (χ1v) is 3.91. The van der Waals surface area contributed by atoms with E-state index in [-0.39, 0.29) is 6.04 Å². The third-order valence-electron chi connectivity index (χ3n) is 1.56. The van der Waals surface area contributed by atoms with Crippen LogP contribution >= 0.6 is 0 Å². The van der Waals surface area contributed by atoms with Gasteiger partial charge in [-0.2, -0.15) is 0 Å². The maximum absolute atomic E-state index is 5.52. The third kappa shape index (κ3) is 4.77. The molecule has 0 bridgehead atoms. The summed E-state index contributed by atoms with van der Waals surface area (Å²) >= 11 is 0. The Morgan fingerprint density at radius 1 is 1.20 bits per heavy atom. The van der Waals surface area contributed by atoms with Gasteiger partial charge < -0.3 is 10.5 Å². The summed E-state index contributed by atoms with van der Waals surface area (Å²) in [4.78, 5) is 0. The second-order valence-corrected chi connectivity index (χ2v) is 3.26. The van der Waals surface area contributed by atoms with Crippen LogP contribution in [0.4, 0.5) is 0 Å². The highest BCUT2D eigenvalue weighted by Gasteiger charge is 2.07. The zero-order valence-corrected chi connectivity index (χ0v) is 7.42. The van der Waals surface area contributed by atoms with E-state index in [0.717, 1.165) is 0 Å². The largest absolute Gasteiger partial charge is 0.377 e. The lowest BCUT2D eigenvalue weighted by Gasteiger charge is -2.17. The van der Waals surface area contributed by atoms with Crippen molar-refractivity contribution in [2.75, 3.05) is 6.61 Å². The molecule has 0 spiro atoms. The van der Waals surface area contributed by atoms with Crippen LogP contribution < -0.4 is 5.73 Å². The van der Waals surface area contributed by atoms with Crippen molar-refractivity contribution in [3.05, 3.63) is 0 Å². The Kier molecular flexibility index (Phi) is 4.65. The summed E-state index contributed by atoms with van der Waals surface area (Å²) in [6.07, 6.45) is 0.325. The van der Waals surface area contributed by atoms with Crippen molar-refractivity contribution in [1.82, 2.24) is 0 Å². The molecule has 1 unspecified atom stereocenters. The molecule has 2 atom stereocenters. The molecule has 0 radical (unpaired) electrons. The molecule has 0 fully saturated rings. The molecule has 0 aliphatic rings. The molecule has 0 aromatic heterocycles. The zero-order chi connectivity index (χ0) is 8.15. The van der Waals surface area contributed by atoms with E-state index in [0.29, 0.717) is 18.6 Å². The number of hydrogen-bond donors (Lipinski definition) is 1. The second kappa shape index (κ2) is 4.69. The molecule has 0 amide bonds. The lowest BCUT2D eigenvalue weighted by molar-refractivity contribution is 0.0296. The molecular formula is C8H19NO. The minimum Gasteiger partial charge on any atom is -0.377 e. The van der Waals surface area contributed by atoms with Gasteiger partial charge in [0.05, 0.1) is 12.7 Å². The lowest BCUT2D eigenvalue weighted by Crippen LogP contribution is -2.26. The molecule has 0 aromatic rings. The van der Waals surface area contributed by atoms with Crippen molar-refractivity contribution >= 4 is 0 Å². The summed E-state index contributed by atoms with van der Waals surface area (Å²) in [5.41, 5.74) is 5.52. The van der Waals surface area contributed by atoms with Crippen LogP contribution in [0.5, 0.6) is 0 Å². The Labute approximate surface area is 63.7 Å². The normalized spacial score (nSPS) is 17.4. The maximum atomic E-state index is 5.52. The molecule has 2 heteroatoms. The molecule has 0 heterocycles. The topological polar surface area (TPSA) is 35.2 Å². The smallest absolute Gasteiger partial charge is 0.0618 e. The van der Waals surface area contributed by atoms with E-state index in [2.05, 4.69) is 20.8 Å². The first-order valence-electron chi connectivity index (χ1n) is 3.91. The average molecular weight is 145 g/mol. The van der Waals surface area contributed by atoms with Gasteiger partial charge >= 0.3 is 0 Å². The van der Waals surface area contributed by atoms with Crippen LogP contribution in [0.25, 0.3) is 0 Å². The Morgan fingerprint density at radius 3 is 2.00 bits per heavy atom. The van der Waals surface area contributed by atoms with E-state index in [4.69, 9.17) is 10.5 Å². The van der Waals surface area contributed by atoms with E-state index in [1.54, 1.807) is 0 Å². The van der Waals surface area contributed by atoms with Crippen LogP contribution in [0.15, 0.2) is 0 Å². The summed E-state index contributed by atoms with van der Waals surface area (Å²) in [5.74, 6) is 0.582. The second-order valence-electron chi connectivity index (χ2n) is 3.26. The molecule has 2 nitrogen and oxygen atoms in total. The first kappa shape index (κ1) is 9.92. The van der Waals surface area contributed by atoms with Crippen molar-refractivity contribution in [2.45, 2.75) is 39.8 Å². The highest BCUT2D eigenvalue weighted by molar-refractivity contribution is 4.57. The van der Waals surface area contributed by atoms with Crippen LogP contribution in [0.3, 0.4) is 0 Å². The van der Waals surface area contributed by atoms with Crippen LogP contribution in [0.1, 0.15) is 27.7 Å². The summed E-state index contributed by atoms with van der Waals surface area (Å²) < 4.78 is 5.44. The third-order valence-corrected chi connectivity index (χ3v) is 1.56. The van der Waals surface area contributed by atoms with Crippen LogP contribution in [-0.4, -0.2) is 18.8 Å². The van der Waals surface area contributed by atoms with Gasteiger partial charge in [0.2, 0.25) is 0 Å². The molecule has 0 aliphatic carbocycles. The van der Waals surface area contributed by atoms with Crippen LogP contribution in [0, 0.1) is 5.92 Å². The minimum absolute atomic E-state index is 0.154. The minimum atomic E-state index is 0.154. The fraction of sp³-hybridized carbons (Fsp3) is 1.00. The van der Waals surface area contributed by atoms with Crippen molar-refractivity contribution in [3.8, 4) is 0 Å². The molecule has 0 aliphatic heterocycles. The molecule has 62 valence electrons. The fourth-order valence-corrected chi connectivity index (χ4v) is 0.496. The summed E-state index contributed by atoms with van der Waals surface area (Å²) in [6, 6.07) is 0.154. The van der Waals surface area contributed by atoms with Gasteiger partial charge in [0.1, 0.15) is 0 Å². The van der Waals surface area contributed by atoms with E-state index in [9.17, 15) is 0 Å². The molecule has 0 rings (SSSR count). The SMILES string of the molecule is CC(C)C(C)OC[C@H](C)N. The molecule has 0 saturated carbocycles.